The summed E-state index contributed by atoms with van der Waals surface area (Å²) < 4.78 is 0.410. The molecule has 0 bridgehead atoms. The lowest BCUT2D eigenvalue weighted by Crippen LogP contribution is -2.52. The Balaban J connectivity index is 1.57. The van der Waals surface area contributed by atoms with Crippen molar-refractivity contribution in [1.29, 1.82) is 0 Å². The van der Waals surface area contributed by atoms with Crippen LogP contribution < -0.4 is 0 Å². The minimum atomic E-state index is -0.141. The third-order valence-electron chi connectivity index (χ3n) is 6.87. The maximum Gasteiger partial charge on any atom is 0.226 e. The summed E-state index contributed by atoms with van der Waals surface area (Å²) in [5.74, 6) is 0.147. The summed E-state index contributed by atoms with van der Waals surface area (Å²) in [5, 5.41) is 0. The molecule has 0 N–H and O–H groups in total. The van der Waals surface area contributed by atoms with Gasteiger partial charge in [-0.3, -0.25) is 9.59 Å². The monoisotopic (exact) mass is 466 g/mol. The highest BCUT2D eigenvalue weighted by molar-refractivity contribution is 6.56. The molecule has 0 spiro atoms. The Morgan fingerprint density at radius 2 is 1.00 bits per heavy atom. The Morgan fingerprint density at radius 1 is 0.714 bits per heavy atom. The van der Waals surface area contributed by atoms with Gasteiger partial charge in [-0.1, -0.05) is 74.1 Å². The Hall–Kier alpha value is -0.420. The van der Waals surface area contributed by atoms with Crippen molar-refractivity contribution >= 4 is 58.2 Å². The van der Waals surface area contributed by atoms with Gasteiger partial charge in [0.05, 0.1) is 11.8 Å². The lowest BCUT2D eigenvalue weighted by atomic mass is 10.1. The average Bonchev–Trinajstić information content (AvgIpc) is 3.33. The molecule has 3 aliphatic rings. The Kier molecular flexibility index (Phi) is 6.11. The second-order valence-electron chi connectivity index (χ2n) is 9.21. The molecule has 0 aromatic rings. The van der Waals surface area contributed by atoms with Crippen LogP contribution in [0.2, 0.25) is 0 Å². The smallest absolute Gasteiger partial charge is 0.226 e. The van der Waals surface area contributed by atoms with Gasteiger partial charge < -0.3 is 9.80 Å². The first-order chi connectivity index (χ1) is 12.9. The van der Waals surface area contributed by atoms with Crippen LogP contribution in [0.1, 0.15) is 27.7 Å². The average molecular weight is 468 g/mol. The van der Waals surface area contributed by atoms with Crippen molar-refractivity contribution in [2.24, 2.45) is 34.5 Å². The van der Waals surface area contributed by atoms with Gasteiger partial charge in [0, 0.05) is 26.2 Å². The third kappa shape index (κ3) is 4.08. The first-order valence-electron chi connectivity index (χ1n) is 9.52. The molecular weight excluding hydrogens is 442 g/mol. The zero-order valence-electron chi connectivity index (χ0n) is 16.5. The van der Waals surface area contributed by atoms with Crippen LogP contribution in [0.15, 0.2) is 21.1 Å². The van der Waals surface area contributed by atoms with E-state index in [1.165, 1.54) is 0 Å². The summed E-state index contributed by atoms with van der Waals surface area (Å²) in [6.07, 6.45) is 3.52. The predicted molar refractivity (Wildman–Crippen MR) is 114 cm³/mol. The molecule has 0 unspecified atom stereocenters. The number of piperazine rings is 1. The number of hydrogen-bond acceptors (Lipinski definition) is 2. The van der Waals surface area contributed by atoms with Gasteiger partial charge in [-0.25, -0.2) is 0 Å². The molecule has 0 radical (unpaired) electrons. The van der Waals surface area contributed by atoms with Gasteiger partial charge in [-0.15, -0.1) is 0 Å². The molecule has 8 heteroatoms. The molecule has 2 amide bonds. The van der Waals surface area contributed by atoms with E-state index in [1.54, 1.807) is 12.2 Å². The number of nitrogens with zero attached hydrogens (tertiary/aromatic N) is 2. The zero-order valence-corrected chi connectivity index (χ0v) is 19.5. The van der Waals surface area contributed by atoms with Crippen LogP contribution in [0.3, 0.4) is 0 Å². The summed E-state index contributed by atoms with van der Waals surface area (Å²) >= 11 is 23.2. The largest absolute Gasteiger partial charge is 0.339 e. The summed E-state index contributed by atoms with van der Waals surface area (Å²) in [6, 6.07) is 0. The van der Waals surface area contributed by atoms with E-state index < -0.39 is 0 Å². The molecule has 1 saturated heterocycles. The molecule has 1 heterocycles. The summed E-state index contributed by atoms with van der Waals surface area (Å²) in [4.78, 5) is 29.6. The van der Waals surface area contributed by atoms with Crippen LogP contribution in [0.5, 0.6) is 0 Å². The normalized spacial score (nSPS) is 32.4. The van der Waals surface area contributed by atoms with Gasteiger partial charge in [0.25, 0.3) is 0 Å². The standard InChI is InChI=1S/C20H26Cl4N2O2/c1-19(2)11(9-13(21)22)15(19)17(27)25-5-7-26(8-6-25)18(28)16-12(10-14(23)24)20(16,3)4/h9-12,15-16H,5-8H2,1-4H3/t11-,12-,15-,16-/m0/s1. The zero-order chi connectivity index (χ0) is 21.0. The van der Waals surface area contributed by atoms with Crippen molar-refractivity contribution in [3.05, 3.63) is 21.1 Å². The fourth-order valence-electron chi connectivity index (χ4n) is 4.73. The molecule has 4 nitrogen and oxygen atoms in total. The van der Waals surface area contributed by atoms with E-state index in [-0.39, 0.29) is 55.3 Å². The first kappa shape index (κ1) is 22.3. The quantitative estimate of drug-likeness (QED) is 0.593. The van der Waals surface area contributed by atoms with Crippen LogP contribution in [-0.2, 0) is 9.59 Å². The van der Waals surface area contributed by atoms with Gasteiger partial charge >= 0.3 is 0 Å². The number of rotatable bonds is 4. The predicted octanol–water partition coefficient (Wildman–Crippen LogP) is 4.84. The van der Waals surface area contributed by atoms with Crippen LogP contribution in [0.4, 0.5) is 0 Å². The molecule has 4 atom stereocenters. The van der Waals surface area contributed by atoms with E-state index in [0.717, 1.165) is 0 Å². The molecule has 1 aliphatic heterocycles. The van der Waals surface area contributed by atoms with Crippen LogP contribution in [-0.4, -0.2) is 47.8 Å². The highest BCUT2D eigenvalue weighted by Crippen LogP contribution is 2.61. The molecule has 156 valence electrons. The molecule has 0 aromatic carbocycles. The van der Waals surface area contributed by atoms with E-state index in [4.69, 9.17) is 46.4 Å². The number of carbonyl (C=O) groups is 2. The van der Waals surface area contributed by atoms with Crippen LogP contribution in [0, 0.1) is 34.5 Å². The van der Waals surface area contributed by atoms with Crippen molar-refractivity contribution < 1.29 is 9.59 Å². The third-order valence-corrected chi connectivity index (χ3v) is 7.37. The van der Waals surface area contributed by atoms with Gasteiger partial charge in [0.15, 0.2) is 0 Å². The number of carbonyl (C=O) groups excluding carboxylic acids is 2. The second-order valence-corrected chi connectivity index (χ2v) is 11.2. The molecule has 2 saturated carbocycles. The Labute approximate surface area is 186 Å². The number of halogens is 4. The second kappa shape index (κ2) is 7.68. The SMILES string of the molecule is CC1(C)[C@H](C(=O)N2CCN(C(=O)[C@@H]3[C@H](C=C(Cl)Cl)C3(C)C)CC2)[C@@H]1C=C(Cl)Cl. The van der Waals surface area contributed by atoms with Crippen LogP contribution >= 0.6 is 46.4 Å². The van der Waals surface area contributed by atoms with Crippen molar-refractivity contribution in [1.82, 2.24) is 9.80 Å². The lowest BCUT2D eigenvalue weighted by Gasteiger charge is -2.35. The first-order valence-corrected chi connectivity index (χ1v) is 11.0. The van der Waals surface area contributed by atoms with Gasteiger partial charge in [-0.2, -0.15) is 0 Å². The minimum absolute atomic E-state index is 0.0600. The summed E-state index contributed by atoms with van der Waals surface area (Å²) in [7, 11) is 0. The number of allylic oxidation sites excluding steroid dienone is 2. The Bertz CT molecular complexity index is 668. The summed E-state index contributed by atoms with van der Waals surface area (Å²) in [6.45, 7) is 10.4. The maximum absolute atomic E-state index is 12.9. The van der Waals surface area contributed by atoms with E-state index in [2.05, 4.69) is 27.7 Å². The van der Waals surface area contributed by atoms with Crippen molar-refractivity contribution in [3.8, 4) is 0 Å². The number of hydrogen-bond donors (Lipinski definition) is 0. The Morgan fingerprint density at radius 3 is 1.25 bits per heavy atom. The van der Waals surface area contributed by atoms with Crippen LogP contribution in [0.25, 0.3) is 0 Å². The van der Waals surface area contributed by atoms with Crippen molar-refractivity contribution in [2.45, 2.75) is 27.7 Å². The topological polar surface area (TPSA) is 40.6 Å². The summed E-state index contributed by atoms with van der Waals surface area (Å²) in [5.41, 5.74) is -0.283. The van der Waals surface area contributed by atoms with Crippen molar-refractivity contribution in [3.63, 3.8) is 0 Å². The number of amides is 2. The molecule has 0 aromatic heterocycles. The molecule has 28 heavy (non-hydrogen) atoms. The molecule has 2 aliphatic carbocycles. The molecular formula is C20H26Cl4N2O2. The highest BCUT2D eigenvalue weighted by Gasteiger charge is 2.63. The minimum Gasteiger partial charge on any atom is -0.339 e. The highest BCUT2D eigenvalue weighted by atomic mass is 35.5. The van der Waals surface area contributed by atoms with Gasteiger partial charge in [-0.05, 0) is 34.8 Å². The molecule has 3 fully saturated rings. The lowest BCUT2D eigenvalue weighted by molar-refractivity contribution is -0.142. The van der Waals surface area contributed by atoms with E-state index in [1.807, 2.05) is 9.80 Å². The molecule has 3 rings (SSSR count). The van der Waals surface area contributed by atoms with E-state index >= 15 is 0 Å². The van der Waals surface area contributed by atoms with Gasteiger partial charge in [0.1, 0.15) is 8.98 Å². The van der Waals surface area contributed by atoms with Crippen molar-refractivity contribution in [2.75, 3.05) is 26.2 Å². The maximum atomic E-state index is 12.9. The van der Waals surface area contributed by atoms with E-state index in [0.29, 0.717) is 26.2 Å². The fourth-order valence-corrected chi connectivity index (χ4v) is 5.28. The van der Waals surface area contributed by atoms with E-state index in [9.17, 15) is 9.59 Å². The van der Waals surface area contributed by atoms with Gasteiger partial charge in [0.2, 0.25) is 11.8 Å². The fraction of sp³-hybridized carbons (Fsp3) is 0.700.